The molecule has 0 bridgehead atoms. The Morgan fingerprint density at radius 2 is 1.95 bits per heavy atom. The minimum Gasteiger partial charge on any atom is -0.381 e. The van der Waals surface area contributed by atoms with Crippen LogP contribution in [0.1, 0.15) is 29.9 Å². The summed E-state index contributed by atoms with van der Waals surface area (Å²) in [5, 5.41) is 1.13. The van der Waals surface area contributed by atoms with E-state index in [0.29, 0.717) is 5.92 Å². The molecule has 3 nitrogen and oxygen atoms in total. The van der Waals surface area contributed by atoms with Crippen LogP contribution in [0.3, 0.4) is 0 Å². The van der Waals surface area contributed by atoms with E-state index in [4.69, 9.17) is 4.74 Å². The number of rotatable bonds is 1. The smallest absolute Gasteiger partial charge is 0.251 e. The van der Waals surface area contributed by atoms with Gasteiger partial charge in [-0.15, -0.1) is 0 Å². The number of ether oxygens (including phenoxy) is 1. The van der Waals surface area contributed by atoms with Crippen LogP contribution in [0.4, 0.5) is 0 Å². The summed E-state index contributed by atoms with van der Waals surface area (Å²) in [7, 11) is 1.84. The summed E-state index contributed by atoms with van der Waals surface area (Å²) in [6.45, 7) is 3.64. The van der Waals surface area contributed by atoms with Crippen LogP contribution in [0, 0.1) is 6.92 Å². The molecule has 106 valence electrons. The van der Waals surface area contributed by atoms with Gasteiger partial charge in [0.15, 0.2) is 0 Å². The van der Waals surface area contributed by atoms with Crippen molar-refractivity contribution < 1.29 is 4.74 Å². The minimum atomic E-state index is 0.0472. The van der Waals surface area contributed by atoms with Crippen LogP contribution in [-0.4, -0.2) is 17.8 Å². The number of aromatic nitrogens is 1. The van der Waals surface area contributed by atoms with Gasteiger partial charge in [-0.3, -0.25) is 4.79 Å². The van der Waals surface area contributed by atoms with Gasteiger partial charge in [-0.1, -0.05) is 15.9 Å². The molecule has 1 aromatic heterocycles. The Morgan fingerprint density at radius 1 is 1.25 bits per heavy atom. The van der Waals surface area contributed by atoms with Crippen LogP contribution in [0.2, 0.25) is 0 Å². The second-order valence-corrected chi connectivity index (χ2v) is 6.36. The lowest BCUT2D eigenvalue weighted by atomic mass is 9.90. The SMILES string of the molecule is Cc1cc(=O)n(C)c2cc(C3CCOCC3)cc(Br)c12. The Hall–Kier alpha value is -1.13. The van der Waals surface area contributed by atoms with Gasteiger partial charge in [0, 0.05) is 36.2 Å². The number of benzene rings is 1. The molecule has 3 rings (SSSR count). The molecule has 1 fully saturated rings. The molecule has 2 aromatic rings. The zero-order valence-corrected chi connectivity index (χ0v) is 13.4. The molecule has 0 amide bonds. The normalized spacial score (nSPS) is 16.8. The molecule has 20 heavy (non-hydrogen) atoms. The monoisotopic (exact) mass is 335 g/mol. The fourth-order valence-corrected chi connectivity index (χ4v) is 3.79. The molecule has 0 N–H and O–H groups in total. The highest BCUT2D eigenvalue weighted by atomic mass is 79.9. The number of fused-ring (bicyclic) bond motifs is 1. The largest absolute Gasteiger partial charge is 0.381 e. The maximum atomic E-state index is 12.0. The number of aryl methyl sites for hydroxylation is 2. The van der Waals surface area contributed by atoms with Crippen LogP contribution in [0.15, 0.2) is 27.5 Å². The van der Waals surface area contributed by atoms with Gasteiger partial charge in [-0.25, -0.2) is 0 Å². The van der Waals surface area contributed by atoms with Crippen LogP contribution in [0.5, 0.6) is 0 Å². The average molecular weight is 336 g/mol. The Bertz CT molecular complexity index is 714. The highest BCUT2D eigenvalue weighted by Gasteiger charge is 2.18. The first kappa shape index (κ1) is 13.8. The quantitative estimate of drug-likeness (QED) is 0.798. The highest BCUT2D eigenvalue weighted by Crippen LogP contribution is 2.34. The second-order valence-electron chi connectivity index (χ2n) is 5.51. The molecule has 1 aliphatic rings. The summed E-state index contributed by atoms with van der Waals surface area (Å²) in [4.78, 5) is 12.0. The zero-order valence-electron chi connectivity index (χ0n) is 11.8. The van der Waals surface area contributed by atoms with E-state index >= 15 is 0 Å². The molecule has 0 saturated carbocycles. The number of hydrogen-bond acceptors (Lipinski definition) is 2. The minimum absolute atomic E-state index is 0.0472. The van der Waals surface area contributed by atoms with Crippen molar-refractivity contribution >= 4 is 26.8 Å². The van der Waals surface area contributed by atoms with Gasteiger partial charge in [-0.05, 0) is 48.9 Å². The van der Waals surface area contributed by atoms with Gasteiger partial charge in [0.1, 0.15) is 0 Å². The predicted octanol–water partition coefficient (Wildman–Crippen LogP) is 3.50. The molecule has 1 aliphatic heterocycles. The summed E-state index contributed by atoms with van der Waals surface area (Å²) in [6, 6.07) is 6.07. The summed E-state index contributed by atoms with van der Waals surface area (Å²) < 4.78 is 8.24. The lowest BCUT2D eigenvalue weighted by molar-refractivity contribution is 0.0853. The fourth-order valence-electron chi connectivity index (χ4n) is 3.01. The average Bonchev–Trinajstić information content (AvgIpc) is 2.45. The van der Waals surface area contributed by atoms with Crippen molar-refractivity contribution in [1.82, 2.24) is 4.57 Å². The molecule has 0 aliphatic carbocycles. The Morgan fingerprint density at radius 3 is 2.65 bits per heavy atom. The highest BCUT2D eigenvalue weighted by molar-refractivity contribution is 9.10. The first-order chi connectivity index (χ1) is 9.58. The topological polar surface area (TPSA) is 31.2 Å². The first-order valence-electron chi connectivity index (χ1n) is 6.95. The van der Waals surface area contributed by atoms with Gasteiger partial charge in [0.2, 0.25) is 0 Å². The number of pyridine rings is 1. The molecule has 4 heteroatoms. The van der Waals surface area contributed by atoms with Crippen molar-refractivity contribution in [3.63, 3.8) is 0 Å². The van der Waals surface area contributed by atoms with Crippen LogP contribution < -0.4 is 5.56 Å². The third-order valence-corrected chi connectivity index (χ3v) is 4.84. The van der Waals surface area contributed by atoms with Crippen LogP contribution in [-0.2, 0) is 11.8 Å². The fraction of sp³-hybridized carbons (Fsp3) is 0.438. The molecule has 1 aromatic carbocycles. The predicted molar refractivity (Wildman–Crippen MR) is 84.4 cm³/mol. The second kappa shape index (κ2) is 5.34. The Kier molecular flexibility index (Phi) is 3.69. The van der Waals surface area contributed by atoms with Gasteiger partial charge >= 0.3 is 0 Å². The van der Waals surface area contributed by atoms with E-state index in [2.05, 4.69) is 28.1 Å². The van der Waals surface area contributed by atoms with Crippen molar-refractivity contribution in [2.45, 2.75) is 25.7 Å². The van der Waals surface area contributed by atoms with Crippen molar-refractivity contribution in [3.8, 4) is 0 Å². The standard InChI is InChI=1S/C16H18BrNO2/c1-10-7-15(19)18(2)14-9-12(8-13(17)16(10)14)11-3-5-20-6-4-11/h7-9,11H,3-6H2,1-2H3. The maximum Gasteiger partial charge on any atom is 0.251 e. The number of halogens is 1. The summed E-state index contributed by atoms with van der Waals surface area (Å²) in [6.07, 6.45) is 2.11. The van der Waals surface area contributed by atoms with Crippen molar-refractivity contribution in [1.29, 1.82) is 0 Å². The molecule has 0 radical (unpaired) electrons. The first-order valence-corrected chi connectivity index (χ1v) is 7.75. The summed E-state index contributed by atoms with van der Waals surface area (Å²) in [5.74, 6) is 0.528. The molecule has 0 unspecified atom stereocenters. The van der Waals surface area contributed by atoms with Crippen molar-refractivity contribution in [2.24, 2.45) is 7.05 Å². The molecular weight excluding hydrogens is 318 g/mol. The molecule has 1 saturated heterocycles. The lowest BCUT2D eigenvalue weighted by Gasteiger charge is -2.23. The molecule has 0 spiro atoms. The van der Waals surface area contributed by atoms with Crippen LogP contribution >= 0.6 is 15.9 Å². The third-order valence-electron chi connectivity index (χ3n) is 4.21. The lowest BCUT2D eigenvalue weighted by Crippen LogP contribution is -2.18. The van der Waals surface area contributed by atoms with E-state index in [9.17, 15) is 4.79 Å². The molecular formula is C16H18BrNO2. The number of hydrogen-bond donors (Lipinski definition) is 0. The Labute approximate surface area is 126 Å². The van der Waals surface area contributed by atoms with Gasteiger partial charge < -0.3 is 9.30 Å². The van der Waals surface area contributed by atoms with Gasteiger partial charge in [-0.2, -0.15) is 0 Å². The van der Waals surface area contributed by atoms with Crippen LogP contribution in [0.25, 0.3) is 10.9 Å². The van der Waals surface area contributed by atoms with Gasteiger partial charge in [0.25, 0.3) is 5.56 Å². The van der Waals surface area contributed by atoms with Crippen molar-refractivity contribution in [2.75, 3.05) is 13.2 Å². The number of nitrogens with zero attached hydrogens (tertiary/aromatic N) is 1. The summed E-state index contributed by atoms with van der Waals surface area (Å²) >= 11 is 3.68. The summed E-state index contributed by atoms with van der Waals surface area (Å²) in [5.41, 5.74) is 3.37. The van der Waals surface area contributed by atoms with E-state index in [-0.39, 0.29) is 5.56 Å². The van der Waals surface area contributed by atoms with E-state index in [1.807, 2.05) is 14.0 Å². The van der Waals surface area contributed by atoms with E-state index in [1.54, 1.807) is 10.6 Å². The van der Waals surface area contributed by atoms with Gasteiger partial charge in [0.05, 0.1) is 5.52 Å². The van der Waals surface area contributed by atoms with E-state index < -0.39 is 0 Å². The van der Waals surface area contributed by atoms with Crippen molar-refractivity contribution in [3.05, 3.63) is 44.2 Å². The molecule has 2 heterocycles. The third kappa shape index (κ3) is 2.31. The Balaban J connectivity index is 2.22. The van der Waals surface area contributed by atoms with E-state index in [0.717, 1.165) is 47.0 Å². The zero-order chi connectivity index (χ0) is 14.3. The van der Waals surface area contributed by atoms with E-state index in [1.165, 1.54) is 5.56 Å². The maximum absolute atomic E-state index is 12.0. The molecule has 0 atom stereocenters.